The van der Waals surface area contributed by atoms with Crippen LogP contribution in [-0.4, -0.2) is 4.98 Å². The van der Waals surface area contributed by atoms with Gasteiger partial charge >= 0.3 is 0 Å². The Balaban J connectivity index is 1.50. The minimum atomic E-state index is 0.867. The van der Waals surface area contributed by atoms with E-state index in [1.807, 2.05) is 12.1 Å². The predicted octanol–water partition coefficient (Wildman–Crippen LogP) is 10.8. The van der Waals surface area contributed by atoms with E-state index in [2.05, 4.69) is 127 Å². The zero-order chi connectivity index (χ0) is 26.9. The van der Waals surface area contributed by atoms with Gasteiger partial charge in [0.25, 0.3) is 0 Å². The molecule has 1 aliphatic rings. The Labute approximate surface area is 237 Å². The SMILES string of the molecule is c1ccc(-c2nc(-c3cccc4c3oc3ccccc34)c(-c3ccccc3)c3c2-c2cccc4cccc-3c24)cc1. The Morgan fingerprint density at radius 3 is 1.80 bits per heavy atom. The summed E-state index contributed by atoms with van der Waals surface area (Å²) in [6, 6.07) is 49.3. The molecule has 0 saturated heterocycles. The third-order valence-electron chi connectivity index (χ3n) is 8.41. The number of rotatable bonds is 3. The predicted molar refractivity (Wildman–Crippen MR) is 170 cm³/mol. The van der Waals surface area contributed by atoms with E-state index in [9.17, 15) is 0 Å². The summed E-state index contributed by atoms with van der Waals surface area (Å²) >= 11 is 0. The van der Waals surface area contributed by atoms with Crippen LogP contribution in [0.2, 0.25) is 0 Å². The lowest BCUT2D eigenvalue weighted by Crippen LogP contribution is -1.98. The molecule has 2 heterocycles. The van der Waals surface area contributed by atoms with Gasteiger partial charge in [-0.25, -0.2) is 4.98 Å². The van der Waals surface area contributed by atoms with Gasteiger partial charge in [-0.1, -0.05) is 127 Å². The summed E-state index contributed by atoms with van der Waals surface area (Å²) in [7, 11) is 0. The number of hydrogen-bond acceptors (Lipinski definition) is 2. The first-order valence-corrected chi connectivity index (χ1v) is 14.0. The largest absolute Gasteiger partial charge is 0.455 e. The normalized spacial score (nSPS) is 11.9. The Hall–Kier alpha value is -5.47. The van der Waals surface area contributed by atoms with Crippen molar-refractivity contribution in [3.8, 4) is 55.9 Å². The molecule has 0 aliphatic heterocycles. The molecule has 1 aliphatic carbocycles. The molecule has 2 nitrogen and oxygen atoms in total. The second kappa shape index (κ2) is 8.51. The molecule has 0 bridgehead atoms. The van der Waals surface area contributed by atoms with E-state index in [0.29, 0.717) is 0 Å². The Morgan fingerprint density at radius 1 is 0.415 bits per heavy atom. The van der Waals surface area contributed by atoms with Crippen molar-refractivity contribution >= 4 is 32.7 Å². The number of fused-ring (bicyclic) bond motifs is 6. The fourth-order valence-electron chi connectivity index (χ4n) is 6.69. The molecular formula is C39H23NO. The Morgan fingerprint density at radius 2 is 1.02 bits per heavy atom. The van der Waals surface area contributed by atoms with Crippen LogP contribution in [0.25, 0.3) is 88.6 Å². The third kappa shape index (κ3) is 3.16. The van der Waals surface area contributed by atoms with Gasteiger partial charge in [-0.15, -0.1) is 0 Å². The lowest BCUT2D eigenvalue weighted by atomic mass is 9.87. The highest BCUT2D eigenvalue weighted by Gasteiger charge is 2.31. The van der Waals surface area contributed by atoms with Crippen molar-refractivity contribution in [3.63, 3.8) is 0 Å². The number of benzene rings is 6. The van der Waals surface area contributed by atoms with Gasteiger partial charge in [0.15, 0.2) is 0 Å². The highest BCUT2D eigenvalue weighted by Crippen LogP contribution is 2.56. The van der Waals surface area contributed by atoms with E-state index >= 15 is 0 Å². The van der Waals surface area contributed by atoms with Crippen LogP contribution in [0.5, 0.6) is 0 Å². The molecule has 0 amide bonds. The van der Waals surface area contributed by atoms with E-state index in [1.165, 1.54) is 33.0 Å². The van der Waals surface area contributed by atoms with Gasteiger partial charge in [-0.2, -0.15) is 0 Å². The second-order valence-corrected chi connectivity index (χ2v) is 10.7. The van der Waals surface area contributed by atoms with Crippen LogP contribution in [-0.2, 0) is 0 Å². The molecule has 190 valence electrons. The van der Waals surface area contributed by atoms with Crippen molar-refractivity contribution in [2.75, 3.05) is 0 Å². The van der Waals surface area contributed by atoms with Crippen LogP contribution in [0, 0.1) is 0 Å². The summed E-state index contributed by atoms with van der Waals surface area (Å²) in [5, 5.41) is 4.76. The van der Waals surface area contributed by atoms with E-state index in [-0.39, 0.29) is 0 Å². The Kier molecular flexibility index (Phi) is 4.64. The summed E-state index contributed by atoms with van der Waals surface area (Å²) in [5.74, 6) is 0. The van der Waals surface area contributed by atoms with Gasteiger partial charge in [0.2, 0.25) is 0 Å². The van der Waals surface area contributed by atoms with Crippen LogP contribution in [0.4, 0.5) is 0 Å². The first-order chi connectivity index (χ1) is 20.4. The average Bonchev–Trinajstić information content (AvgIpc) is 3.59. The molecule has 2 heteroatoms. The van der Waals surface area contributed by atoms with Crippen LogP contribution < -0.4 is 0 Å². The standard InChI is InChI=1S/C39H23NO/c1-3-12-25(13-4-1)34-35-29-20-9-16-24-17-10-21-30(33(24)29)36(35)37(26-14-5-2-6-15-26)40-38(34)31-22-11-19-28-27-18-7-8-23-32(27)41-39(28)31/h1-23H. The van der Waals surface area contributed by atoms with E-state index < -0.39 is 0 Å². The summed E-state index contributed by atoms with van der Waals surface area (Å²) in [5.41, 5.74) is 13.0. The lowest BCUT2D eigenvalue weighted by Gasteiger charge is -2.19. The van der Waals surface area contributed by atoms with Crippen molar-refractivity contribution in [3.05, 3.63) is 140 Å². The van der Waals surface area contributed by atoms with Gasteiger partial charge in [0.1, 0.15) is 11.2 Å². The zero-order valence-corrected chi connectivity index (χ0v) is 22.1. The minimum absolute atomic E-state index is 0.867. The van der Waals surface area contributed by atoms with Crippen molar-refractivity contribution < 1.29 is 4.42 Å². The van der Waals surface area contributed by atoms with Gasteiger partial charge in [0, 0.05) is 38.6 Å². The first-order valence-electron chi connectivity index (χ1n) is 14.0. The van der Waals surface area contributed by atoms with Crippen molar-refractivity contribution in [2.45, 2.75) is 0 Å². The number of para-hydroxylation sites is 2. The van der Waals surface area contributed by atoms with E-state index in [0.717, 1.165) is 55.6 Å². The number of aromatic nitrogens is 1. The van der Waals surface area contributed by atoms with Gasteiger partial charge in [-0.3, -0.25) is 0 Å². The molecule has 0 N–H and O–H groups in total. The molecular weight excluding hydrogens is 498 g/mol. The van der Waals surface area contributed by atoms with Gasteiger partial charge in [0.05, 0.1) is 11.4 Å². The number of nitrogens with zero attached hydrogens (tertiary/aromatic N) is 1. The fraction of sp³-hybridized carbons (Fsp3) is 0. The van der Waals surface area contributed by atoms with Gasteiger partial charge < -0.3 is 4.42 Å². The average molecular weight is 522 g/mol. The summed E-state index contributed by atoms with van der Waals surface area (Å²) in [6.45, 7) is 0. The van der Waals surface area contributed by atoms with Crippen LogP contribution in [0.15, 0.2) is 144 Å². The first kappa shape index (κ1) is 22.4. The summed E-state index contributed by atoms with van der Waals surface area (Å²) < 4.78 is 6.57. The molecule has 2 aromatic heterocycles. The van der Waals surface area contributed by atoms with Crippen molar-refractivity contribution in [1.29, 1.82) is 0 Å². The smallest absolute Gasteiger partial charge is 0.144 e. The van der Waals surface area contributed by atoms with Crippen LogP contribution >= 0.6 is 0 Å². The fourth-order valence-corrected chi connectivity index (χ4v) is 6.69. The maximum atomic E-state index is 6.57. The molecule has 0 atom stereocenters. The molecule has 0 saturated carbocycles. The molecule has 41 heavy (non-hydrogen) atoms. The molecule has 0 fully saturated rings. The van der Waals surface area contributed by atoms with Crippen LogP contribution in [0.3, 0.4) is 0 Å². The van der Waals surface area contributed by atoms with E-state index in [1.54, 1.807) is 0 Å². The quantitative estimate of drug-likeness (QED) is 0.231. The molecule has 0 spiro atoms. The van der Waals surface area contributed by atoms with Crippen LogP contribution in [0.1, 0.15) is 0 Å². The van der Waals surface area contributed by atoms with E-state index in [4.69, 9.17) is 9.40 Å². The maximum absolute atomic E-state index is 6.57. The molecule has 0 unspecified atom stereocenters. The number of pyridine rings is 1. The van der Waals surface area contributed by atoms with Crippen molar-refractivity contribution in [1.82, 2.24) is 4.98 Å². The molecule has 8 aromatic rings. The molecule has 6 aromatic carbocycles. The van der Waals surface area contributed by atoms with Crippen molar-refractivity contribution in [2.24, 2.45) is 0 Å². The summed E-state index contributed by atoms with van der Waals surface area (Å²) in [4.78, 5) is 5.59. The highest BCUT2D eigenvalue weighted by molar-refractivity contribution is 6.22. The number of hydrogen-bond donors (Lipinski definition) is 0. The minimum Gasteiger partial charge on any atom is -0.455 e. The highest BCUT2D eigenvalue weighted by atomic mass is 16.3. The maximum Gasteiger partial charge on any atom is 0.144 e. The number of furan rings is 1. The monoisotopic (exact) mass is 521 g/mol. The topological polar surface area (TPSA) is 26.0 Å². The molecule has 9 rings (SSSR count). The Bertz CT molecular complexity index is 2290. The molecule has 0 radical (unpaired) electrons. The summed E-state index contributed by atoms with van der Waals surface area (Å²) in [6.07, 6.45) is 0. The lowest BCUT2D eigenvalue weighted by molar-refractivity contribution is 0.670. The third-order valence-corrected chi connectivity index (χ3v) is 8.41. The zero-order valence-electron chi connectivity index (χ0n) is 22.1. The second-order valence-electron chi connectivity index (χ2n) is 10.7. The van der Waals surface area contributed by atoms with Gasteiger partial charge in [-0.05, 0) is 39.6 Å².